The number of nitrogens with one attached hydrogen (secondary N) is 2. The maximum atomic E-state index is 4.70. The molecule has 2 rings (SSSR count). The first-order valence-electron chi connectivity index (χ1n) is 8.79. The highest BCUT2D eigenvalue weighted by atomic mass is 127. The van der Waals surface area contributed by atoms with E-state index in [-0.39, 0.29) is 24.0 Å². The summed E-state index contributed by atoms with van der Waals surface area (Å²) in [4.78, 5) is 12.6. The first-order valence-corrected chi connectivity index (χ1v) is 9.60. The Kier molecular flexibility index (Phi) is 10.8. The molecule has 0 spiro atoms. The summed E-state index contributed by atoms with van der Waals surface area (Å²) in [5.41, 5.74) is 2.53. The van der Waals surface area contributed by atoms with Crippen molar-refractivity contribution in [2.45, 2.75) is 39.9 Å². The van der Waals surface area contributed by atoms with Gasteiger partial charge in [-0.2, -0.15) is 0 Å². The van der Waals surface area contributed by atoms with Gasteiger partial charge in [-0.3, -0.25) is 0 Å². The molecule has 0 amide bonds. The fourth-order valence-electron chi connectivity index (χ4n) is 2.46. The van der Waals surface area contributed by atoms with E-state index in [1.807, 2.05) is 6.20 Å². The Morgan fingerprint density at radius 3 is 2.62 bits per heavy atom. The van der Waals surface area contributed by atoms with Gasteiger partial charge in [0.05, 0.1) is 13.1 Å². The number of aliphatic imine (C=N–C) groups is 1. The lowest BCUT2D eigenvalue weighted by molar-refractivity contribution is 0.402. The van der Waals surface area contributed by atoms with Crippen molar-refractivity contribution in [1.29, 1.82) is 0 Å². The highest BCUT2D eigenvalue weighted by molar-refractivity contribution is 14.0. The molecule has 1 aromatic heterocycles. The number of thiazole rings is 1. The number of hydrogen-bond donors (Lipinski definition) is 2. The standard InChI is InChI=1S/C19H29N5S.HI/c1-5-17-12-21-18(25-17)13-23-19(20-6-2)22-11-15-8-7-9-16(10-15)14-24(3)4;/h7-10,12H,5-6,11,13-14H2,1-4H3,(H2,20,22,23);1H. The average molecular weight is 487 g/mol. The Hall–Kier alpha value is -1.19. The van der Waals surface area contributed by atoms with Crippen LogP contribution in [0, 0.1) is 0 Å². The van der Waals surface area contributed by atoms with Gasteiger partial charge in [-0.1, -0.05) is 31.2 Å². The minimum atomic E-state index is 0. The third-order valence-electron chi connectivity index (χ3n) is 3.61. The Labute approximate surface area is 178 Å². The Morgan fingerprint density at radius 1 is 1.19 bits per heavy atom. The molecule has 0 saturated heterocycles. The number of hydrogen-bond acceptors (Lipinski definition) is 4. The zero-order valence-corrected chi connectivity index (χ0v) is 19.2. The maximum Gasteiger partial charge on any atom is 0.191 e. The Balaban J connectivity index is 0.00000338. The van der Waals surface area contributed by atoms with Crippen LogP contribution in [-0.4, -0.2) is 36.5 Å². The fourth-order valence-corrected chi connectivity index (χ4v) is 3.26. The molecule has 0 bridgehead atoms. The third-order valence-corrected chi connectivity index (χ3v) is 4.75. The summed E-state index contributed by atoms with van der Waals surface area (Å²) in [7, 11) is 4.17. The number of rotatable bonds is 8. The largest absolute Gasteiger partial charge is 0.357 e. The van der Waals surface area contributed by atoms with Crippen molar-refractivity contribution in [3.8, 4) is 0 Å². The lowest BCUT2D eigenvalue weighted by atomic mass is 10.1. The molecule has 5 nitrogen and oxygen atoms in total. The molecule has 0 aliphatic carbocycles. The normalized spacial score (nSPS) is 11.3. The predicted octanol–water partition coefficient (Wildman–Crippen LogP) is 3.64. The first kappa shape index (κ1) is 22.9. The lowest BCUT2D eigenvalue weighted by Crippen LogP contribution is -2.36. The van der Waals surface area contributed by atoms with Crippen LogP contribution in [0.25, 0.3) is 0 Å². The van der Waals surface area contributed by atoms with E-state index in [0.717, 1.165) is 30.5 Å². The molecular formula is C19H30IN5S. The van der Waals surface area contributed by atoms with E-state index >= 15 is 0 Å². The topological polar surface area (TPSA) is 52.6 Å². The minimum absolute atomic E-state index is 0. The summed E-state index contributed by atoms with van der Waals surface area (Å²) in [6.07, 6.45) is 3.00. The van der Waals surface area contributed by atoms with Crippen LogP contribution < -0.4 is 10.6 Å². The van der Waals surface area contributed by atoms with Gasteiger partial charge in [-0.25, -0.2) is 9.98 Å². The Morgan fingerprint density at radius 2 is 1.96 bits per heavy atom. The zero-order chi connectivity index (χ0) is 18.1. The van der Waals surface area contributed by atoms with Crippen LogP contribution in [-0.2, 0) is 26.1 Å². The summed E-state index contributed by atoms with van der Waals surface area (Å²) in [5.74, 6) is 0.828. The number of halogens is 1. The number of aromatic nitrogens is 1. The van der Waals surface area contributed by atoms with Gasteiger partial charge >= 0.3 is 0 Å². The molecule has 0 radical (unpaired) electrons. The molecule has 0 atom stereocenters. The molecule has 26 heavy (non-hydrogen) atoms. The van der Waals surface area contributed by atoms with E-state index in [4.69, 9.17) is 4.99 Å². The monoisotopic (exact) mass is 487 g/mol. The van der Waals surface area contributed by atoms with E-state index < -0.39 is 0 Å². The van der Waals surface area contributed by atoms with Crippen LogP contribution in [0.2, 0.25) is 0 Å². The highest BCUT2D eigenvalue weighted by Crippen LogP contribution is 2.13. The number of guanidine groups is 1. The van der Waals surface area contributed by atoms with E-state index in [1.54, 1.807) is 11.3 Å². The van der Waals surface area contributed by atoms with Crippen molar-refractivity contribution in [2.75, 3.05) is 20.6 Å². The van der Waals surface area contributed by atoms with Crippen LogP contribution in [0.4, 0.5) is 0 Å². The molecule has 0 saturated carbocycles. The summed E-state index contributed by atoms with van der Waals surface area (Å²) >= 11 is 1.75. The molecule has 2 N–H and O–H groups in total. The van der Waals surface area contributed by atoms with Crippen LogP contribution >= 0.6 is 35.3 Å². The molecule has 0 fully saturated rings. The van der Waals surface area contributed by atoms with Crippen LogP contribution in [0.1, 0.15) is 34.9 Å². The molecule has 1 heterocycles. The second-order valence-electron chi connectivity index (χ2n) is 6.18. The summed E-state index contributed by atoms with van der Waals surface area (Å²) in [6.45, 7) is 7.38. The smallest absolute Gasteiger partial charge is 0.191 e. The van der Waals surface area contributed by atoms with Crippen molar-refractivity contribution in [3.05, 3.63) is 51.5 Å². The molecule has 7 heteroatoms. The van der Waals surface area contributed by atoms with Gasteiger partial charge in [0.15, 0.2) is 5.96 Å². The summed E-state index contributed by atoms with van der Waals surface area (Å²) in [6, 6.07) is 8.61. The highest BCUT2D eigenvalue weighted by Gasteiger charge is 2.03. The number of benzene rings is 1. The molecule has 0 aliphatic rings. The molecule has 144 valence electrons. The summed E-state index contributed by atoms with van der Waals surface area (Å²) < 4.78 is 0. The van der Waals surface area contributed by atoms with Gasteiger partial charge in [-0.15, -0.1) is 35.3 Å². The van der Waals surface area contributed by atoms with Gasteiger partial charge < -0.3 is 15.5 Å². The van der Waals surface area contributed by atoms with Crippen molar-refractivity contribution in [1.82, 2.24) is 20.5 Å². The lowest BCUT2D eigenvalue weighted by Gasteiger charge is -2.12. The van der Waals surface area contributed by atoms with E-state index in [9.17, 15) is 0 Å². The number of nitrogens with zero attached hydrogens (tertiary/aromatic N) is 3. The second kappa shape index (κ2) is 12.2. The number of aryl methyl sites for hydroxylation is 1. The van der Waals surface area contributed by atoms with Gasteiger partial charge in [0.25, 0.3) is 0 Å². The quantitative estimate of drug-likeness (QED) is 0.339. The molecule has 0 unspecified atom stereocenters. The van der Waals surface area contributed by atoms with Gasteiger partial charge in [-0.05, 0) is 38.6 Å². The molecule has 1 aromatic carbocycles. The van der Waals surface area contributed by atoms with Crippen LogP contribution in [0.3, 0.4) is 0 Å². The van der Waals surface area contributed by atoms with Gasteiger partial charge in [0.2, 0.25) is 0 Å². The van der Waals surface area contributed by atoms with Crippen molar-refractivity contribution in [2.24, 2.45) is 4.99 Å². The van der Waals surface area contributed by atoms with E-state index in [1.165, 1.54) is 16.0 Å². The van der Waals surface area contributed by atoms with E-state index in [2.05, 4.69) is 72.7 Å². The van der Waals surface area contributed by atoms with E-state index in [0.29, 0.717) is 13.1 Å². The molecular weight excluding hydrogens is 457 g/mol. The Bertz CT molecular complexity index is 684. The van der Waals surface area contributed by atoms with Gasteiger partial charge in [0.1, 0.15) is 5.01 Å². The summed E-state index contributed by atoms with van der Waals surface area (Å²) in [5, 5.41) is 7.76. The fraction of sp³-hybridized carbons (Fsp3) is 0.474. The molecule has 0 aliphatic heterocycles. The zero-order valence-electron chi connectivity index (χ0n) is 16.1. The van der Waals surface area contributed by atoms with Crippen LogP contribution in [0.5, 0.6) is 0 Å². The maximum absolute atomic E-state index is 4.70. The molecule has 2 aromatic rings. The van der Waals surface area contributed by atoms with Crippen molar-refractivity contribution >= 4 is 41.3 Å². The third kappa shape index (κ3) is 8.01. The van der Waals surface area contributed by atoms with Crippen LogP contribution in [0.15, 0.2) is 35.5 Å². The van der Waals surface area contributed by atoms with Crippen molar-refractivity contribution < 1.29 is 0 Å². The first-order chi connectivity index (χ1) is 12.1. The minimum Gasteiger partial charge on any atom is -0.357 e. The van der Waals surface area contributed by atoms with Gasteiger partial charge in [0, 0.05) is 24.2 Å². The van der Waals surface area contributed by atoms with Crippen molar-refractivity contribution in [3.63, 3.8) is 0 Å². The predicted molar refractivity (Wildman–Crippen MR) is 122 cm³/mol. The second-order valence-corrected chi connectivity index (χ2v) is 7.38. The average Bonchev–Trinajstić information content (AvgIpc) is 3.05. The SMILES string of the molecule is CCNC(=NCc1cccc(CN(C)C)c1)NCc1ncc(CC)s1.I.